The minimum atomic E-state index is -4.26. The minimum Gasteiger partial charge on any atom is -1.00 e. The maximum atomic E-state index is 10.2. The number of halogens is 3. The molecule has 0 heterocycles. The molecule has 2 N–H and O–H groups in total. The molecule has 15 heavy (non-hydrogen) atoms. The molecule has 0 aliphatic carbocycles. The van der Waals surface area contributed by atoms with E-state index in [1.54, 1.807) is 0 Å². The molecule has 10 heteroatoms. The molecule has 0 unspecified atom stereocenters. The summed E-state index contributed by atoms with van der Waals surface area (Å²) in [7, 11) is 1.50. The maximum absolute atomic E-state index is 10.2. The first-order chi connectivity index (χ1) is 4.71. The van der Waals surface area contributed by atoms with Gasteiger partial charge in [0.25, 0.3) is 0 Å². The van der Waals surface area contributed by atoms with Crippen LogP contribution in [0.2, 0.25) is 0 Å². The average Bonchev–Trinajstić information content (AvgIpc) is 1.55. The number of nitrogens with zero attached hydrogens (tertiary/aromatic N) is 1. The van der Waals surface area contributed by atoms with Gasteiger partial charge in [-0.1, -0.05) is 0 Å². The van der Waals surface area contributed by atoms with Crippen LogP contribution in [0.3, 0.4) is 0 Å². The summed E-state index contributed by atoms with van der Waals surface area (Å²) < 4.78 is 15.1. The summed E-state index contributed by atoms with van der Waals surface area (Å²) in [6.45, 7) is 0.652. The molecule has 0 spiro atoms. The van der Waals surface area contributed by atoms with Gasteiger partial charge in [0, 0.05) is 0 Å². The molecule has 0 saturated heterocycles. The molecule has 0 aromatic heterocycles. The third-order valence-corrected chi connectivity index (χ3v) is 1.54. The van der Waals surface area contributed by atoms with E-state index < -0.39 is 7.82 Å². The molecular formula is C5H15CaCl3NO4P. The van der Waals surface area contributed by atoms with Crippen molar-refractivity contribution in [1.29, 1.82) is 0 Å². The number of hydrogen-bond acceptors (Lipinski definition) is 2. The van der Waals surface area contributed by atoms with Crippen molar-refractivity contribution in [2.45, 2.75) is 0 Å². The van der Waals surface area contributed by atoms with E-state index in [1.807, 2.05) is 21.1 Å². The zero-order valence-corrected chi connectivity index (χ0v) is 14.2. The van der Waals surface area contributed by atoms with E-state index in [0.29, 0.717) is 11.0 Å². The van der Waals surface area contributed by atoms with Crippen molar-refractivity contribution in [2.75, 3.05) is 34.3 Å². The molecule has 0 aliphatic heterocycles. The van der Waals surface area contributed by atoms with Gasteiger partial charge in [-0.3, -0.25) is 4.52 Å². The van der Waals surface area contributed by atoms with E-state index in [-0.39, 0.29) is 81.6 Å². The SMILES string of the molecule is C[N+](C)(C)CCOP(=O)(O)O.[Ca+2].[Cl-].[Cl-].[Cl-]. The second-order valence-electron chi connectivity index (χ2n) is 3.34. The Hall–Kier alpha value is 2.20. The average molecular weight is 331 g/mol. The van der Waals surface area contributed by atoms with Crippen molar-refractivity contribution in [3.05, 3.63) is 0 Å². The van der Waals surface area contributed by atoms with E-state index in [1.165, 1.54) is 0 Å². The first-order valence-corrected chi connectivity index (χ1v) is 4.74. The molecule has 0 aromatic rings. The van der Waals surface area contributed by atoms with Crippen molar-refractivity contribution >= 4 is 45.6 Å². The van der Waals surface area contributed by atoms with Crippen LogP contribution in [-0.2, 0) is 9.09 Å². The van der Waals surface area contributed by atoms with Gasteiger partial charge in [0.15, 0.2) is 0 Å². The second-order valence-corrected chi connectivity index (χ2v) is 4.58. The van der Waals surface area contributed by atoms with Gasteiger partial charge >= 0.3 is 45.6 Å². The van der Waals surface area contributed by atoms with Crippen LogP contribution in [0.1, 0.15) is 0 Å². The number of phosphoric acid groups is 1. The second kappa shape index (κ2) is 12.7. The monoisotopic (exact) mass is 329 g/mol. The fraction of sp³-hybridized carbons (Fsp3) is 1.00. The van der Waals surface area contributed by atoms with Gasteiger partial charge in [0.2, 0.25) is 0 Å². The number of phosphoric ester groups is 1. The molecule has 0 bridgehead atoms. The van der Waals surface area contributed by atoms with Crippen LogP contribution in [-0.4, -0.2) is 86.3 Å². The molecule has 92 valence electrons. The Bertz CT molecular complexity index is 174. The molecule has 0 aliphatic rings. The molecule has 0 amide bonds. The standard InChI is InChI=1S/C5H14NO4P.Ca.3ClH/c1-6(2,3)4-5-10-11(7,8)9;;;;/h4-5H2,1-3H3,(H-,7,8,9);;3*1H/q;+2;;;/p-2. The van der Waals surface area contributed by atoms with E-state index in [4.69, 9.17) is 9.79 Å². The molecular weight excluding hydrogens is 315 g/mol. The zero-order chi connectivity index (χ0) is 9.12. The first-order valence-electron chi connectivity index (χ1n) is 3.21. The van der Waals surface area contributed by atoms with Crippen LogP contribution in [0.5, 0.6) is 0 Å². The smallest absolute Gasteiger partial charge is 1.00 e. The van der Waals surface area contributed by atoms with Gasteiger partial charge in [0.1, 0.15) is 13.2 Å². The molecule has 5 nitrogen and oxygen atoms in total. The Morgan fingerprint density at radius 3 is 1.67 bits per heavy atom. The summed E-state index contributed by atoms with van der Waals surface area (Å²) >= 11 is 0. The van der Waals surface area contributed by atoms with Crippen LogP contribution >= 0.6 is 7.82 Å². The molecule has 0 radical (unpaired) electrons. The van der Waals surface area contributed by atoms with Gasteiger partial charge in [0.05, 0.1) is 21.1 Å². The molecule has 0 rings (SSSR count). The third-order valence-electron chi connectivity index (χ3n) is 1.02. The quantitative estimate of drug-likeness (QED) is 0.305. The Morgan fingerprint density at radius 1 is 1.13 bits per heavy atom. The summed E-state index contributed by atoms with van der Waals surface area (Å²) in [6, 6.07) is 0. The fourth-order valence-electron chi connectivity index (χ4n) is 0.434. The number of rotatable bonds is 4. The van der Waals surface area contributed by atoms with E-state index in [2.05, 4.69) is 4.52 Å². The summed E-state index contributed by atoms with van der Waals surface area (Å²) in [5.74, 6) is 0. The molecule has 0 atom stereocenters. The van der Waals surface area contributed by atoms with Crippen LogP contribution in [0, 0.1) is 0 Å². The summed E-state index contributed by atoms with van der Waals surface area (Å²) in [6.07, 6.45) is 0. The summed E-state index contributed by atoms with van der Waals surface area (Å²) in [4.78, 5) is 16.6. The van der Waals surface area contributed by atoms with Crippen molar-refractivity contribution in [1.82, 2.24) is 0 Å². The normalized spacial score (nSPS) is 9.93. The van der Waals surface area contributed by atoms with Crippen molar-refractivity contribution in [2.24, 2.45) is 0 Å². The van der Waals surface area contributed by atoms with Crippen molar-refractivity contribution < 1.29 is 60.6 Å². The first kappa shape index (κ1) is 30.3. The predicted molar refractivity (Wildman–Crippen MR) is 46.6 cm³/mol. The fourth-order valence-corrected chi connectivity index (χ4v) is 0.753. The van der Waals surface area contributed by atoms with Gasteiger partial charge in [-0.2, -0.15) is 0 Å². The Labute approximate surface area is 139 Å². The minimum absolute atomic E-state index is 0. The van der Waals surface area contributed by atoms with E-state index >= 15 is 0 Å². The Morgan fingerprint density at radius 2 is 1.47 bits per heavy atom. The van der Waals surface area contributed by atoms with Crippen molar-refractivity contribution in [3.63, 3.8) is 0 Å². The van der Waals surface area contributed by atoms with Crippen LogP contribution in [0.4, 0.5) is 0 Å². The zero-order valence-electron chi connectivity index (χ0n) is 8.86. The molecule has 0 fully saturated rings. The predicted octanol–water partition coefficient (Wildman–Crippen LogP) is -9.57. The third kappa shape index (κ3) is 31.4. The Kier molecular flexibility index (Phi) is 25.6. The van der Waals surface area contributed by atoms with E-state index in [0.717, 1.165) is 0 Å². The Balaban J connectivity index is -0.0000000833. The molecule has 0 aromatic carbocycles. The number of hydrogen-bond donors (Lipinski definition) is 2. The molecule has 0 saturated carbocycles. The number of quaternary nitrogens is 1. The van der Waals surface area contributed by atoms with Gasteiger partial charge < -0.3 is 51.5 Å². The van der Waals surface area contributed by atoms with Gasteiger partial charge in [-0.25, -0.2) is 4.57 Å². The van der Waals surface area contributed by atoms with Crippen LogP contribution in [0.15, 0.2) is 0 Å². The van der Waals surface area contributed by atoms with Gasteiger partial charge in [-0.05, 0) is 0 Å². The van der Waals surface area contributed by atoms with Crippen LogP contribution in [0.25, 0.3) is 0 Å². The summed E-state index contributed by atoms with van der Waals surface area (Å²) in [5, 5.41) is 0. The summed E-state index contributed by atoms with van der Waals surface area (Å²) in [5.41, 5.74) is 0. The van der Waals surface area contributed by atoms with Crippen LogP contribution < -0.4 is 37.2 Å². The number of likely N-dealkylation sites (N-methyl/N-ethyl adjacent to an activating group) is 1. The maximum Gasteiger partial charge on any atom is 2.00 e. The van der Waals surface area contributed by atoms with E-state index in [9.17, 15) is 4.57 Å². The van der Waals surface area contributed by atoms with Crippen molar-refractivity contribution in [3.8, 4) is 0 Å². The largest absolute Gasteiger partial charge is 2.00 e. The van der Waals surface area contributed by atoms with Gasteiger partial charge in [-0.15, -0.1) is 0 Å². The topological polar surface area (TPSA) is 66.8 Å².